The average Bonchev–Trinajstić information content (AvgIpc) is 3.12. The molecule has 0 saturated heterocycles. The summed E-state index contributed by atoms with van der Waals surface area (Å²) in [5.41, 5.74) is 7.88. The van der Waals surface area contributed by atoms with Crippen LogP contribution in [0.5, 0.6) is 0 Å². The van der Waals surface area contributed by atoms with Gasteiger partial charge >= 0.3 is 0 Å². The van der Waals surface area contributed by atoms with E-state index in [4.69, 9.17) is 0 Å². The predicted molar refractivity (Wildman–Crippen MR) is 100 cm³/mol. The van der Waals surface area contributed by atoms with Crippen molar-refractivity contribution in [3.8, 4) is 17.1 Å². The number of fused-ring (bicyclic) bond motifs is 1. The van der Waals surface area contributed by atoms with Crippen molar-refractivity contribution in [2.24, 2.45) is 7.05 Å². The van der Waals surface area contributed by atoms with Crippen molar-refractivity contribution in [1.29, 1.82) is 0 Å². The lowest BCUT2D eigenvalue weighted by atomic mass is 10.0. The maximum atomic E-state index is 4.57. The molecule has 5 heteroatoms. The van der Waals surface area contributed by atoms with Crippen LogP contribution in [0.25, 0.3) is 28.1 Å². The lowest BCUT2D eigenvalue weighted by Crippen LogP contribution is -2.05. The van der Waals surface area contributed by atoms with E-state index < -0.39 is 0 Å². The molecule has 0 aliphatic carbocycles. The molecule has 25 heavy (non-hydrogen) atoms. The minimum Gasteiger partial charge on any atom is -0.331 e. The third kappa shape index (κ3) is 2.43. The lowest BCUT2D eigenvalue weighted by Gasteiger charge is -2.13. The van der Waals surface area contributed by atoms with Crippen LogP contribution in [0.3, 0.4) is 0 Å². The standard InChI is InChI=1S/C20H21N5/c1-12-8-13(2)19(14(3)9-12)25-20(21-11-22-25)16-6-7-17-18(10-16)24(5)15(4)23-17/h6-11H,1-5H3. The van der Waals surface area contributed by atoms with E-state index in [2.05, 4.69) is 64.7 Å². The van der Waals surface area contributed by atoms with E-state index in [0.717, 1.165) is 33.9 Å². The summed E-state index contributed by atoms with van der Waals surface area (Å²) in [5.74, 6) is 1.84. The van der Waals surface area contributed by atoms with Crippen LogP contribution in [0.4, 0.5) is 0 Å². The van der Waals surface area contributed by atoms with Gasteiger partial charge in [-0.3, -0.25) is 0 Å². The molecule has 0 aliphatic heterocycles. The number of aryl methyl sites for hydroxylation is 5. The van der Waals surface area contributed by atoms with Crippen LogP contribution in [0.15, 0.2) is 36.7 Å². The van der Waals surface area contributed by atoms with Gasteiger partial charge in [0.05, 0.1) is 16.7 Å². The SMILES string of the molecule is Cc1cc(C)c(-n2ncnc2-c2ccc3nc(C)n(C)c3c2)c(C)c1. The minimum absolute atomic E-state index is 0.843. The molecule has 0 aliphatic rings. The van der Waals surface area contributed by atoms with Crippen LogP contribution in [0, 0.1) is 27.7 Å². The summed E-state index contributed by atoms with van der Waals surface area (Å²) >= 11 is 0. The van der Waals surface area contributed by atoms with Gasteiger partial charge in [-0.15, -0.1) is 0 Å². The maximum absolute atomic E-state index is 4.57. The highest BCUT2D eigenvalue weighted by Gasteiger charge is 2.15. The number of rotatable bonds is 2. The van der Waals surface area contributed by atoms with Gasteiger partial charge in [-0.05, 0) is 57.0 Å². The molecule has 0 radical (unpaired) electrons. The van der Waals surface area contributed by atoms with Crippen molar-refractivity contribution in [1.82, 2.24) is 24.3 Å². The highest BCUT2D eigenvalue weighted by atomic mass is 15.3. The fourth-order valence-electron chi connectivity index (χ4n) is 3.56. The third-order valence-electron chi connectivity index (χ3n) is 4.76. The molecule has 0 N–H and O–H groups in total. The van der Waals surface area contributed by atoms with Gasteiger partial charge in [0.25, 0.3) is 0 Å². The van der Waals surface area contributed by atoms with E-state index in [-0.39, 0.29) is 0 Å². The molecule has 4 aromatic rings. The van der Waals surface area contributed by atoms with Crippen molar-refractivity contribution < 1.29 is 0 Å². The number of benzene rings is 2. The van der Waals surface area contributed by atoms with Crippen LogP contribution >= 0.6 is 0 Å². The molecular weight excluding hydrogens is 310 g/mol. The van der Waals surface area contributed by atoms with Gasteiger partial charge in [-0.1, -0.05) is 17.7 Å². The van der Waals surface area contributed by atoms with Crippen molar-refractivity contribution in [3.05, 3.63) is 59.2 Å². The van der Waals surface area contributed by atoms with Gasteiger partial charge < -0.3 is 4.57 Å². The highest BCUT2D eigenvalue weighted by Crippen LogP contribution is 2.28. The van der Waals surface area contributed by atoms with E-state index >= 15 is 0 Å². The average molecular weight is 331 g/mol. The minimum atomic E-state index is 0.843. The summed E-state index contributed by atoms with van der Waals surface area (Å²) in [6.07, 6.45) is 1.62. The first-order valence-electron chi connectivity index (χ1n) is 8.37. The smallest absolute Gasteiger partial charge is 0.163 e. The van der Waals surface area contributed by atoms with E-state index in [1.165, 1.54) is 16.7 Å². The molecule has 0 fully saturated rings. The van der Waals surface area contributed by atoms with Crippen LogP contribution in [-0.2, 0) is 7.05 Å². The zero-order valence-corrected chi connectivity index (χ0v) is 15.2. The van der Waals surface area contributed by atoms with E-state index in [9.17, 15) is 0 Å². The number of imidazole rings is 1. The Morgan fingerprint density at radius 1 is 0.920 bits per heavy atom. The van der Waals surface area contributed by atoms with Crippen molar-refractivity contribution in [3.63, 3.8) is 0 Å². The van der Waals surface area contributed by atoms with Gasteiger partial charge in [-0.2, -0.15) is 5.10 Å². The summed E-state index contributed by atoms with van der Waals surface area (Å²) in [5, 5.41) is 4.50. The van der Waals surface area contributed by atoms with Crippen molar-refractivity contribution in [2.75, 3.05) is 0 Å². The summed E-state index contributed by atoms with van der Waals surface area (Å²) in [6.45, 7) is 8.37. The van der Waals surface area contributed by atoms with Gasteiger partial charge in [-0.25, -0.2) is 14.6 Å². The van der Waals surface area contributed by atoms with Gasteiger partial charge in [0, 0.05) is 12.6 Å². The fraction of sp³-hybridized carbons (Fsp3) is 0.250. The molecule has 0 unspecified atom stereocenters. The first-order valence-corrected chi connectivity index (χ1v) is 8.37. The third-order valence-corrected chi connectivity index (χ3v) is 4.76. The second-order valence-corrected chi connectivity index (χ2v) is 6.66. The first kappa shape index (κ1) is 15.6. The zero-order chi connectivity index (χ0) is 17.7. The second-order valence-electron chi connectivity index (χ2n) is 6.66. The number of hydrogen-bond donors (Lipinski definition) is 0. The largest absolute Gasteiger partial charge is 0.331 e. The van der Waals surface area contributed by atoms with Crippen molar-refractivity contribution >= 4 is 11.0 Å². The Kier molecular flexibility index (Phi) is 3.46. The molecule has 0 spiro atoms. The van der Waals surface area contributed by atoms with E-state index in [1.54, 1.807) is 6.33 Å². The molecule has 2 heterocycles. The molecule has 2 aromatic heterocycles. The summed E-state index contributed by atoms with van der Waals surface area (Å²) in [7, 11) is 2.04. The summed E-state index contributed by atoms with van der Waals surface area (Å²) in [4.78, 5) is 9.11. The number of hydrogen-bond acceptors (Lipinski definition) is 3. The van der Waals surface area contributed by atoms with Gasteiger partial charge in [0.15, 0.2) is 5.82 Å². The Labute approximate surface area is 147 Å². The lowest BCUT2D eigenvalue weighted by molar-refractivity contribution is 0.869. The molecule has 4 rings (SSSR count). The summed E-state index contributed by atoms with van der Waals surface area (Å²) in [6, 6.07) is 10.6. The van der Waals surface area contributed by atoms with Crippen LogP contribution in [-0.4, -0.2) is 24.3 Å². The fourth-order valence-corrected chi connectivity index (χ4v) is 3.56. The normalized spacial score (nSPS) is 11.4. The number of aromatic nitrogens is 5. The molecule has 0 bridgehead atoms. The Hall–Kier alpha value is -2.95. The Morgan fingerprint density at radius 3 is 2.36 bits per heavy atom. The molecule has 126 valence electrons. The number of nitrogens with zero attached hydrogens (tertiary/aromatic N) is 5. The van der Waals surface area contributed by atoms with Crippen LogP contribution in [0.2, 0.25) is 0 Å². The van der Waals surface area contributed by atoms with E-state index in [1.807, 2.05) is 24.7 Å². The highest BCUT2D eigenvalue weighted by molar-refractivity contribution is 5.81. The first-order chi connectivity index (χ1) is 12.0. The Balaban J connectivity index is 1.92. The zero-order valence-electron chi connectivity index (χ0n) is 15.2. The van der Waals surface area contributed by atoms with Gasteiger partial charge in [0.2, 0.25) is 0 Å². The molecular formula is C20H21N5. The molecule has 5 nitrogen and oxygen atoms in total. The molecule has 0 saturated carbocycles. The summed E-state index contributed by atoms with van der Waals surface area (Å²) < 4.78 is 4.04. The molecule has 2 aromatic carbocycles. The monoisotopic (exact) mass is 331 g/mol. The Morgan fingerprint density at radius 2 is 1.64 bits per heavy atom. The topological polar surface area (TPSA) is 48.5 Å². The molecule has 0 amide bonds. The van der Waals surface area contributed by atoms with Gasteiger partial charge in [0.1, 0.15) is 12.2 Å². The van der Waals surface area contributed by atoms with Crippen LogP contribution in [0.1, 0.15) is 22.5 Å². The predicted octanol–water partition coefficient (Wildman–Crippen LogP) is 4.05. The maximum Gasteiger partial charge on any atom is 0.163 e. The quantitative estimate of drug-likeness (QED) is 0.556. The van der Waals surface area contributed by atoms with Crippen molar-refractivity contribution in [2.45, 2.75) is 27.7 Å². The van der Waals surface area contributed by atoms with Crippen LogP contribution < -0.4 is 0 Å². The second kappa shape index (κ2) is 5.55. The molecule has 0 atom stereocenters. The Bertz CT molecular complexity index is 1080. The van der Waals surface area contributed by atoms with E-state index in [0.29, 0.717) is 0 Å².